The van der Waals surface area contributed by atoms with Crippen molar-refractivity contribution >= 4 is 15.9 Å². The number of carbonyl (C=O) groups is 1. The number of hydrogen-bond donors (Lipinski definition) is 0. The Kier molecular flexibility index (Phi) is 6.27. The van der Waals surface area contributed by atoms with Crippen LogP contribution in [0.25, 0.3) is 0 Å². The molecule has 1 fully saturated rings. The van der Waals surface area contributed by atoms with Crippen molar-refractivity contribution in [1.29, 1.82) is 0 Å². The van der Waals surface area contributed by atoms with Crippen LogP contribution >= 0.6 is 0 Å². The van der Waals surface area contributed by atoms with Crippen molar-refractivity contribution in [3.05, 3.63) is 28.8 Å². The van der Waals surface area contributed by atoms with Gasteiger partial charge in [-0.1, -0.05) is 31.0 Å². The highest BCUT2D eigenvalue weighted by atomic mass is 32.2. The van der Waals surface area contributed by atoms with Crippen molar-refractivity contribution in [3.8, 4) is 0 Å². The zero-order chi connectivity index (χ0) is 18.8. The first kappa shape index (κ1) is 19.9. The zero-order valence-corrected chi connectivity index (χ0v) is 16.8. The fourth-order valence-corrected chi connectivity index (χ4v) is 5.79. The highest BCUT2D eigenvalue weighted by molar-refractivity contribution is 7.89. The van der Waals surface area contributed by atoms with E-state index in [9.17, 15) is 13.2 Å². The number of rotatable bonds is 6. The van der Waals surface area contributed by atoms with Crippen molar-refractivity contribution in [3.63, 3.8) is 0 Å². The average molecular weight is 367 g/mol. The number of carbonyl (C=O) groups excluding carboxylic acids is 1. The molecule has 1 aliphatic rings. The van der Waals surface area contributed by atoms with Crippen LogP contribution in [-0.2, 0) is 14.8 Å². The van der Waals surface area contributed by atoms with E-state index in [1.54, 1.807) is 11.9 Å². The Hall–Kier alpha value is -1.40. The monoisotopic (exact) mass is 366 g/mol. The van der Waals surface area contributed by atoms with E-state index in [4.69, 9.17) is 0 Å². The maximum Gasteiger partial charge on any atom is 0.244 e. The van der Waals surface area contributed by atoms with Gasteiger partial charge in [0.15, 0.2) is 0 Å². The van der Waals surface area contributed by atoms with Crippen LogP contribution in [-0.4, -0.2) is 49.7 Å². The second-order valence-corrected chi connectivity index (χ2v) is 8.94. The van der Waals surface area contributed by atoms with Crippen molar-refractivity contribution in [2.45, 2.75) is 64.3 Å². The predicted molar refractivity (Wildman–Crippen MR) is 100 cm³/mol. The van der Waals surface area contributed by atoms with Crippen LogP contribution in [0.2, 0.25) is 0 Å². The normalized spacial score (nSPS) is 18.5. The lowest BCUT2D eigenvalue weighted by atomic mass is 10.1. The summed E-state index contributed by atoms with van der Waals surface area (Å²) in [5.74, 6) is -0.0862. The van der Waals surface area contributed by atoms with E-state index in [0.717, 1.165) is 36.0 Å². The van der Waals surface area contributed by atoms with Gasteiger partial charge < -0.3 is 4.90 Å². The molecule has 0 N–H and O–H groups in total. The third kappa shape index (κ3) is 4.06. The van der Waals surface area contributed by atoms with Crippen LogP contribution in [0.1, 0.15) is 49.3 Å². The number of sulfonamides is 1. The molecule has 1 aromatic carbocycles. The maximum atomic E-state index is 13.3. The summed E-state index contributed by atoms with van der Waals surface area (Å²) < 4.78 is 28.0. The van der Waals surface area contributed by atoms with E-state index in [-0.39, 0.29) is 5.91 Å². The molecule has 1 aromatic rings. The molecule has 0 aromatic heterocycles. The lowest BCUT2D eigenvalue weighted by molar-refractivity contribution is -0.133. The Morgan fingerprint density at radius 3 is 2.40 bits per heavy atom. The summed E-state index contributed by atoms with van der Waals surface area (Å²) in [6, 6.07) is 3.20. The third-order valence-corrected chi connectivity index (χ3v) is 7.10. The van der Waals surface area contributed by atoms with Crippen LogP contribution < -0.4 is 0 Å². The zero-order valence-electron chi connectivity index (χ0n) is 16.0. The van der Waals surface area contributed by atoms with Gasteiger partial charge in [-0.05, 0) is 51.2 Å². The molecule has 0 saturated carbocycles. The number of amides is 1. The minimum atomic E-state index is -3.68. The van der Waals surface area contributed by atoms with Gasteiger partial charge >= 0.3 is 0 Å². The van der Waals surface area contributed by atoms with E-state index in [1.807, 2.05) is 32.9 Å². The quantitative estimate of drug-likeness (QED) is 0.777. The Bertz CT molecular complexity index is 720. The second-order valence-electron chi connectivity index (χ2n) is 7.11. The van der Waals surface area contributed by atoms with Crippen molar-refractivity contribution in [2.75, 3.05) is 20.1 Å². The Morgan fingerprint density at radius 1 is 1.24 bits per heavy atom. The first-order valence-electron chi connectivity index (χ1n) is 9.04. The fourth-order valence-electron chi connectivity index (χ4n) is 3.73. The first-order valence-corrected chi connectivity index (χ1v) is 10.5. The largest absolute Gasteiger partial charge is 0.344 e. The minimum Gasteiger partial charge on any atom is -0.344 e. The number of likely N-dealkylation sites (N-methyl/N-ethyl adjacent to an activating group) is 1. The molecular formula is C19H30N2O3S. The highest BCUT2D eigenvalue weighted by Crippen LogP contribution is 2.31. The molecule has 5 nitrogen and oxygen atoms in total. The molecule has 1 amide bonds. The summed E-state index contributed by atoms with van der Waals surface area (Å²) in [5, 5.41) is 0. The second kappa shape index (κ2) is 7.87. The summed E-state index contributed by atoms with van der Waals surface area (Å²) in [5.41, 5.74) is 2.53. The van der Waals surface area contributed by atoms with Gasteiger partial charge in [0.1, 0.15) is 6.04 Å². The maximum absolute atomic E-state index is 13.3. The SMILES string of the molecule is CCCCN(C)C(=O)C1CCCN1S(=O)(=O)c1c(C)cc(C)cc1C. The molecule has 1 unspecified atom stereocenters. The van der Waals surface area contributed by atoms with Gasteiger partial charge in [0.05, 0.1) is 4.90 Å². The Balaban J connectivity index is 2.34. The molecule has 1 aliphatic heterocycles. The van der Waals surface area contributed by atoms with Gasteiger partial charge in [0.25, 0.3) is 0 Å². The molecule has 25 heavy (non-hydrogen) atoms. The Labute approximate surface area is 152 Å². The lowest BCUT2D eigenvalue weighted by Crippen LogP contribution is -2.47. The molecule has 1 saturated heterocycles. The van der Waals surface area contributed by atoms with Crippen molar-refractivity contribution < 1.29 is 13.2 Å². The van der Waals surface area contributed by atoms with E-state index in [2.05, 4.69) is 6.92 Å². The lowest BCUT2D eigenvalue weighted by Gasteiger charge is -2.28. The molecule has 0 bridgehead atoms. The topological polar surface area (TPSA) is 57.7 Å². The number of hydrogen-bond acceptors (Lipinski definition) is 3. The van der Waals surface area contributed by atoms with Gasteiger partial charge in [-0.3, -0.25) is 4.79 Å². The fraction of sp³-hybridized carbons (Fsp3) is 0.632. The summed E-state index contributed by atoms with van der Waals surface area (Å²) >= 11 is 0. The molecule has 0 spiro atoms. The molecule has 0 radical (unpaired) electrons. The van der Waals surface area contributed by atoms with Gasteiger partial charge in [-0.15, -0.1) is 0 Å². The minimum absolute atomic E-state index is 0.0862. The summed E-state index contributed by atoms with van der Waals surface area (Å²) in [4.78, 5) is 14.8. The van der Waals surface area contributed by atoms with Crippen molar-refractivity contribution in [2.24, 2.45) is 0 Å². The van der Waals surface area contributed by atoms with E-state index < -0.39 is 16.1 Å². The molecular weight excluding hydrogens is 336 g/mol. The van der Waals surface area contributed by atoms with Crippen LogP contribution in [0.15, 0.2) is 17.0 Å². The van der Waals surface area contributed by atoms with Crippen LogP contribution in [0.3, 0.4) is 0 Å². The van der Waals surface area contributed by atoms with Crippen LogP contribution in [0.4, 0.5) is 0 Å². The van der Waals surface area contributed by atoms with E-state index >= 15 is 0 Å². The number of benzene rings is 1. The number of unbranched alkanes of at least 4 members (excludes halogenated alkanes) is 1. The smallest absolute Gasteiger partial charge is 0.244 e. The molecule has 1 heterocycles. The summed E-state index contributed by atoms with van der Waals surface area (Å²) in [7, 11) is -1.91. The first-order chi connectivity index (χ1) is 11.7. The average Bonchev–Trinajstić information content (AvgIpc) is 3.00. The standard InChI is InChI=1S/C19H30N2O3S/c1-6-7-10-20(5)19(22)17-9-8-11-21(17)25(23,24)18-15(3)12-14(2)13-16(18)4/h12-13,17H,6-11H2,1-5H3. The molecule has 0 aliphatic carbocycles. The highest BCUT2D eigenvalue weighted by Gasteiger charge is 2.41. The van der Waals surface area contributed by atoms with Crippen LogP contribution in [0.5, 0.6) is 0 Å². The van der Waals surface area contributed by atoms with E-state index in [0.29, 0.717) is 24.4 Å². The van der Waals surface area contributed by atoms with Crippen LogP contribution in [0, 0.1) is 20.8 Å². The van der Waals surface area contributed by atoms with Gasteiger partial charge in [-0.25, -0.2) is 8.42 Å². The van der Waals surface area contributed by atoms with Crippen molar-refractivity contribution in [1.82, 2.24) is 9.21 Å². The van der Waals surface area contributed by atoms with Gasteiger partial charge in [0.2, 0.25) is 15.9 Å². The van der Waals surface area contributed by atoms with Gasteiger partial charge in [-0.2, -0.15) is 4.31 Å². The third-order valence-electron chi connectivity index (χ3n) is 4.88. The van der Waals surface area contributed by atoms with E-state index in [1.165, 1.54) is 4.31 Å². The molecule has 1 atom stereocenters. The van der Waals surface area contributed by atoms with Gasteiger partial charge in [0, 0.05) is 20.1 Å². The summed E-state index contributed by atoms with van der Waals surface area (Å²) in [6.07, 6.45) is 3.25. The number of nitrogens with zero attached hydrogens (tertiary/aromatic N) is 2. The summed E-state index contributed by atoms with van der Waals surface area (Å²) in [6.45, 7) is 8.77. The molecule has 2 rings (SSSR count). The molecule has 140 valence electrons. The molecule has 6 heteroatoms. The Morgan fingerprint density at radius 2 is 1.84 bits per heavy atom. The number of aryl methyl sites for hydroxylation is 3. The predicted octanol–water partition coefficient (Wildman–Crippen LogP) is 3.02.